The molecule has 3 nitrogen and oxygen atoms in total. The topological polar surface area (TPSA) is 24.5 Å². The van der Waals surface area contributed by atoms with E-state index in [0.29, 0.717) is 18.6 Å². The van der Waals surface area contributed by atoms with Crippen LogP contribution in [0.5, 0.6) is 0 Å². The second-order valence-corrected chi connectivity index (χ2v) is 5.76. The molecule has 0 amide bonds. The van der Waals surface area contributed by atoms with Gasteiger partial charge in [0.15, 0.2) is 0 Å². The maximum absolute atomic E-state index is 13.5. The molecule has 0 unspecified atom stereocenters. The van der Waals surface area contributed by atoms with Gasteiger partial charge >= 0.3 is 0 Å². The standard InChI is InChI=1S/C16H25FN2O/c1-12(2)18-11-13-10-14(17)4-5-16(13)19(3)15-6-8-20-9-7-15/h4-5,10,12,15,18H,6-9,11H2,1-3H3. The van der Waals surface area contributed by atoms with Gasteiger partial charge in [0.2, 0.25) is 0 Å². The largest absolute Gasteiger partial charge is 0.381 e. The summed E-state index contributed by atoms with van der Waals surface area (Å²) in [5.41, 5.74) is 2.14. The lowest BCUT2D eigenvalue weighted by atomic mass is 10.0. The van der Waals surface area contributed by atoms with Gasteiger partial charge in [-0.15, -0.1) is 0 Å². The van der Waals surface area contributed by atoms with Crippen LogP contribution in [0.4, 0.5) is 10.1 Å². The third kappa shape index (κ3) is 3.93. The van der Waals surface area contributed by atoms with Crippen LogP contribution in [0.25, 0.3) is 0 Å². The molecule has 20 heavy (non-hydrogen) atoms. The zero-order chi connectivity index (χ0) is 14.5. The van der Waals surface area contributed by atoms with E-state index in [0.717, 1.165) is 37.3 Å². The smallest absolute Gasteiger partial charge is 0.123 e. The Labute approximate surface area is 121 Å². The van der Waals surface area contributed by atoms with E-state index >= 15 is 0 Å². The van der Waals surface area contributed by atoms with Crippen molar-refractivity contribution in [2.75, 3.05) is 25.2 Å². The van der Waals surface area contributed by atoms with Crippen LogP contribution in [-0.4, -0.2) is 32.3 Å². The Bertz CT molecular complexity index is 430. The molecule has 1 heterocycles. The van der Waals surface area contributed by atoms with Gasteiger partial charge in [0.05, 0.1) is 0 Å². The summed E-state index contributed by atoms with van der Waals surface area (Å²) in [4.78, 5) is 2.28. The number of rotatable bonds is 5. The average molecular weight is 280 g/mol. The number of benzene rings is 1. The summed E-state index contributed by atoms with van der Waals surface area (Å²) in [6.07, 6.45) is 2.07. The van der Waals surface area contributed by atoms with Crippen LogP contribution in [0.2, 0.25) is 0 Å². The van der Waals surface area contributed by atoms with Gasteiger partial charge < -0.3 is 15.0 Å². The lowest BCUT2D eigenvalue weighted by Gasteiger charge is -2.34. The summed E-state index contributed by atoms with van der Waals surface area (Å²) in [6.45, 7) is 6.52. The second-order valence-electron chi connectivity index (χ2n) is 5.76. The number of nitrogens with one attached hydrogen (secondary N) is 1. The summed E-state index contributed by atoms with van der Waals surface area (Å²) >= 11 is 0. The van der Waals surface area contributed by atoms with Gasteiger partial charge in [-0.05, 0) is 36.6 Å². The molecule has 0 bridgehead atoms. The Morgan fingerprint density at radius 3 is 2.70 bits per heavy atom. The summed E-state index contributed by atoms with van der Waals surface area (Å²) in [5.74, 6) is -0.172. The molecule has 0 spiro atoms. The van der Waals surface area contributed by atoms with Crippen LogP contribution in [0.1, 0.15) is 32.3 Å². The molecule has 112 valence electrons. The van der Waals surface area contributed by atoms with Gasteiger partial charge in [0.25, 0.3) is 0 Å². The van der Waals surface area contributed by atoms with Crippen molar-refractivity contribution in [3.8, 4) is 0 Å². The highest BCUT2D eigenvalue weighted by Crippen LogP contribution is 2.26. The summed E-state index contributed by atoms with van der Waals surface area (Å²) in [5, 5.41) is 3.37. The second kappa shape index (κ2) is 7.04. The number of hydrogen-bond donors (Lipinski definition) is 1. The van der Waals surface area contributed by atoms with Crippen LogP contribution >= 0.6 is 0 Å². The molecule has 2 rings (SSSR count). The van der Waals surface area contributed by atoms with Crippen molar-refractivity contribution >= 4 is 5.69 Å². The molecular formula is C16H25FN2O. The molecule has 4 heteroatoms. The van der Waals surface area contributed by atoms with Crippen LogP contribution in [0.3, 0.4) is 0 Å². The molecule has 1 aliphatic heterocycles. The maximum Gasteiger partial charge on any atom is 0.123 e. The first-order valence-electron chi connectivity index (χ1n) is 7.40. The van der Waals surface area contributed by atoms with Crippen LogP contribution in [-0.2, 0) is 11.3 Å². The Balaban J connectivity index is 2.15. The fraction of sp³-hybridized carbons (Fsp3) is 0.625. The predicted octanol–water partition coefficient (Wildman–Crippen LogP) is 2.94. The molecular weight excluding hydrogens is 255 g/mol. The van der Waals surface area contributed by atoms with Crippen LogP contribution in [0, 0.1) is 5.82 Å². The van der Waals surface area contributed by atoms with Crippen LogP contribution in [0.15, 0.2) is 18.2 Å². The lowest BCUT2D eigenvalue weighted by Crippen LogP contribution is -2.37. The Morgan fingerprint density at radius 1 is 1.35 bits per heavy atom. The summed E-state index contributed by atoms with van der Waals surface area (Å²) < 4.78 is 18.9. The zero-order valence-corrected chi connectivity index (χ0v) is 12.7. The minimum absolute atomic E-state index is 0.172. The highest BCUT2D eigenvalue weighted by molar-refractivity contribution is 5.54. The molecule has 1 fully saturated rings. The zero-order valence-electron chi connectivity index (χ0n) is 12.7. The number of hydrogen-bond acceptors (Lipinski definition) is 3. The van der Waals surface area contributed by atoms with E-state index < -0.39 is 0 Å². The Morgan fingerprint density at radius 2 is 2.05 bits per heavy atom. The van der Waals surface area contributed by atoms with Crippen molar-refractivity contribution in [1.82, 2.24) is 5.32 Å². The molecule has 0 atom stereocenters. The molecule has 0 aliphatic carbocycles. The highest BCUT2D eigenvalue weighted by Gasteiger charge is 2.20. The molecule has 0 radical (unpaired) electrons. The van der Waals surface area contributed by atoms with Crippen molar-refractivity contribution in [1.29, 1.82) is 0 Å². The average Bonchev–Trinajstić information content (AvgIpc) is 2.45. The van der Waals surface area contributed by atoms with E-state index in [4.69, 9.17) is 4.74 Å². The van der Waals surface area contributed by atoms with Gasteiger partial charge in [-0.3, -0.25) is 0 Å². The number of anilines is 1. The third-order valence-corrected chi connectivity index (χ3v) is 3.86. The van der Waals surface area contributed by atoms with E-state index in [9.17, 15) is 4.39 Å². The van der Waals surface area contributed by atoms with Gasteiger partial charge in [0, 0.05) is 44.6 Å². The van der Waals surface area contributed by atoms with Crippen molar-refractivity contribution in [3.05, 3.63) is 29.6 Å². The Hall–Kier alpha value is -1.13. The minimum atomic E-state index is -0.172. The van der Waals surface area contributed by atoms with Gasteiger partial charge in [-0.2, -0.15) is 0 Å². The third-order valence-electron chi connectivity index (χ3n) is 3.86. The van der Waals surface area contributed by atoms with Gasteiger partial charge in [0.1, 0.15) is 5.82 Å². The number of ether oxygens (including phenoxy) is 1. The predicted molar refractivity (Wildman–Crippen MR) is 80.6 cm³/mol. The molecule has 1 N–H and O–H groups in total. The maximum atomic E-state index is 13.5. The normalized spacial score (nSPS) is 16.6. The van der Waals surface area contributed by atoms with E-state index in [-0.39, 0.29) is 5.82 Å². The van der Waals surface area contributed by atoms with E-state index in [1.165, 1.54) is 0 Å². The molecule has 1 aromatic rings. The molecule has 0 aromatic heterocycles. The fourth-order valence-corrected chi connectivity index (χ4v) is 2.62. The first kappa shape index (κ1) is 15.3. The van der Waals surface area contributed by atoms with Crippen LogP contribution < -0.4 is 10.2 Å². The molecule has 1 aromatic carbocycles. The quantitative estimate of drug-likeness (QED) is 0.897. The first-order valence-corrected chi connectivity index (χ1v) is 7.40. The molecule has 0 saturated carbocycles. The monoisotopic (exact) mass is 280 g/mol. The van der Waals surface area contributed by atoms with Crippen molar-refractivity contribution in [3.63, 3.8) is 0 Å². The summed E-state index contributed by atoms with van der Waals surface area (Å²) in [6, 6.07) is 5.94. The summed E-state index contributed by atoms with van der Waals surface area (Å²) in [7, 11) is 2.10. The van der Waals surface area contributed by atoms with Gasteiger partial charge in [-0.1, -0.05) is 13.8 Å². The van der Waals surface area contributed by atoms with E-state index in [2.05, 4.69) is 31.1 Å². The van der Waals surface area contributed by atoms with E-state index in [1.54, 1.807) is 12.1 Å². The van der Waals surface area contributed by atoms with Crippen molar-refractivity contribution < 1.29 is 9.13 Å². The first-order chi connectivity index (χ1) is 9.58. The van der Waals surface area contributed by atoms with Gasteiger partial charge in [-0.25, -0.2) is 4.39 Å². The minimum Gasteiger partial charge on any atom is -0.381 e. The molecule has 1 aliphatic rings. The number of nitrogens with zero attached hydrogens (tertiary/aromatic N) is 1. The fourth-order valence-electron chi connectivity index (χ4n) is 2.62. The SMILES string of the molecule is CC(C)NCc1cc(F)ccc1N(C)C1CCOCC1. The molecule has 1 saturated heterocycles. The number of halogens is 1. The highest BCUT2D eigenvalue weighted by atomic mass is 19.1. The van der Waals surface area contributed by atoms with Crippen molar-refractivity contribution in [2.45, 2.75) is 45.3 Å². The van der Waals surface area contributed by atoms with Crippen molar-refractivity contribution in [2.24, 2.45) is 0 Å². The lowest BCUT2D eigenvalue weighted by molar-refractivity contribution is 0.0854. The van der Waals surface area contributed by atoms with E-state index in [1.807, 2.05) is 6.07 Å². The Kier molecular flexibility index (Phi) is 5.38.